The molecule has 2 aromatic rings. The van der Waals surface area contributed by atoms with Gasteiger partial charge in [0.2, 0.25) is 0 Å². The van der Waals surface area contributed by atoms with E-state index in [2.05, 4.69) is 14.3 Å². The molecule has 0 radical (unpaired) electrons. The van der Waals surface area contributed by atoms with E-state index in [4.69, 9.17) is 16.9 Å². The van der Waals surface area contributed by atoms with E-state index >= 15 is 0 Å². The zero-order valence-electron chi connectivity index (χ0n) is 8.14. The molecule has 2 heterocycles. The topological polar surface area (TPSA) is 62.5 Å². The van der Waals surface area contributed by atoms with Gasteiger partial charge >= 0.3 is 0 Å². The van der Waals surface area contributed by atoms with Crippen molar-refractivity contribution in [1.29, 1.82) is 5.26 Å². The number of pyridine rings is 1. The van der Waals surface area contributed by atoms with Crippen LogP contribution in [0.3, 0.4) is 0 Å². The monoisotopic (exact) mass is 268 g/mol. The summed E-state index contributed by atoms with van der Waals surface area (Å²) >= 11 is 8.62. The van der Waals surface area contributed by atoms with Crippen LogP contribution in [0.1, 0.15) is 11.4 Å². The molecule has 16 heavy (non-hydrogen) atoms. The first-order valence-electron chi connectivity index (χ1n) is 4.23. The Kier molecular flexibility index (Phi) is 3.39. The standard InChI is InChI=1S/C9H5ClN4S2/c1-5-13-9(16-14-5)15-8-7(10)6(4-11)2-3-12-8/h2-3H,1H3. The number of nitriles is 1. The van der Waals surface area contributed by atoms with Gasteiger partial charge in [-0.1, -0.05) is 11.6 Å². The molecule has 0 bridgehead atoms. The number of rotatable bonds is 2. The van der Waals surface area contributed by atoms with Crippen LogP contribution in [0.25, 0.3) is 0 Å². The maximum Gasteiger partial charge on any atom is 0.176 e. The Hall–Kier alpha value is -1.16. The molecular formula is C9H5ClN4S2. The summed E-state index contributed by atoms with van der Waals surface area (Å²) in [6, 6.07) is 3.59. The van der Waals surface area contributed by atoms with Crippen LogP contribution in [0.5, 0.6) is 0 Å². The first-order chi connectivity index (χ1) is 7.70. The first-order valence-corrected chi connectivity index (χ1v) is 6.20. The quantitative estimate of drug-likeness (QED) is 0.838. The van der Waals surface area contributed by atoms with Crippen molar-refractivity contribution in [2.75, 3.05) is 0 Å². The molecule has 0 saturated heterocycles. The number of hydrogen-bond acceptors (Lipinski definition) is 6. The third-order valence-corrected chi connectivity index (χ3v) is 4.01. The lowest BCUT2D eigenvalue weighted by Crippen LogP contribution is -1.85. The highest BCUT2D eigenvalue weighted by Crippen LogP contribution is 2.33. The highest BCUT2D eigenvalue weighted by atomic mass is 35.5. The predicted molar refractivity (Wildman–Crippen MR) is 62.7 cm³/mol. The molecule has 0 aliphatic heterocycles. The summed E-state index contributed by atoms with van der Waals surface area (Å²) in [5.74, 6) is 0.722. The molecule has 0 atom stereocenters. The molecule has 0 aromatic carbocycles. The highest BCUT2D eigenvalue weighted by molar-refractivity contribution is 8.01. The Morgan fingerprint density at radius 3 is 3.00 bits per heavy atom. The fraction of sp³-hybridized carbons (Fsp3) is 0.111. The predicted octanol–water partition coefficient (Wildman–Crippen LogP) is 2.92. The second kappa shape index (κ2) is 4.78. The van der Waals surface area contributed by atoms with Gasteiger partial charge in [0.05, 0.1) is 10.6 Å². The minimum atomic E-state index is 0.364. The third-order valence-electron chi connectivity index (χ3n) is 1.67. The number of halogens is 1. The van der Waals surface area contributed by atoms with Crippen molar-refractivity contribution in [3.05, 3.63) is 28.7 Å². The van der Waals surface area contributed by atoms with E-state index in [9.17, 15) is 0 Å². The molecule has 0 N–H and O–H groups in total. The van der Waals surface area contributed by atoms with E-state index in [1.807, 2.05) is 13.0 Å². The van der Waals surface area contributed by atoms with Gasteiger partial charge in [-0.15, -0.1) is 0 Å². The summed E-state index contributed by atoms with van der Waals surface area (Å²) in [6.07, 6.45) is 1.56. The zero-order chi connectivity index (χ0) is 11.5. The third kappa shape index (κ3) is 2.32. The maximum absolute atomic E-state index is 8.82. The van der Waals surface area contributed by atoms with Gasteiger partial charge in [0.25, 0.3) is 0 Å². The van der Waals surface area contributed by atoms with Crippen LogP contribution in [0.4, 0.5) is 0 Å². The lowest BCUT2D eigenvalue weighted by molar-refractivity contribution is 1.08. The average molecular weight is 269 g/mol. The Morgan fingerprint density at radius 1 is 1.56 bits per heavy atom. The normalized spacial score (nSPS) is 10.1. The smallest absolute Gasteiger partial charge is 0.176 e. The number of hydrogen-bond donors (Lipinski definition) is 0. The van der Waals surface area contributed by atoms with Gasteiger partial charge in [-0.2, -0.15) is 9.64 Å². The fourth-order valence-corrected chi connectivity index (χ4v) is 2.83. The molecular weight excluding hydrogens is 264 g/mol. The van der Waals surface area contributed by atoms with E-state index in [1.165, 1.54) is 23.3 Å². The van der Waals surface area contributed by atoms with Crippen LogP contribution in [0, 0.1) is 18.3 Å². The molecule has 0 fully saturated rings. The van der Waals surface area contributed by atoms with Crippen molar-refractivity contribution in [3.63, 3.8) is 0 Å². The number of aryl methyl sites for hydroxylation is 1. The Balaban J connectivity index is 2.32. The van der Waals surface area contributed by atoms with E-state index < -0.39 is 0 Å². The van der Waals surface area contributed by atoms with Crippen molar-refractivity contribution in [2.24, 2.45) is 0 Å². The van der Waals surface area contributed by atoms with Crippen LogP contribution in [-0.4, -0.2) is 14.3 Å². The van der Waals surface area contributed by atoms with Crippen LogP contribution in [0.2, 0.25) is 5.02 Å². The van der Waals surface area contributed by atoms with E-state index in [1.54, 1.807) is 12.3 Å². The van der Waals surface area contributed by atoms with Crippen molar-refractivity contribution < 1.29 is 0 Å². The summed E-state index contributed by atoms with van der Waals surface area (Å²) in [7, 11) is 0. The fourth-order valence-electron chi connectivity index (χ4n) is 0.984. The van der Waals surface area contributed by atoms with Gasteiger partial charge in [0, 0.05) is 6.20 Å². The molecule has 7 heteroatoms. The van der Waals surface area contributed by atoms with Crippen molar-refractivity contribution >= 4 is 34.9 Å². The summed E-state index contributed by atoms with van der Waals surface area (Å²) in [5.41, 5.74) is 0.417. The number of nitrogens with zero attached hydrogens (tertiary/aromatic N) is 4. The molecule has 0 unspecified atom stereocenters. The van der Waals surface area contributed by atoms with E-state index in [0.29, 0.717) is 15.6 Å². The minimum absolute atomic E-state index is 0.364. The molecule has 0 aliphatic carbocycles. The molecule has 2 rings (SSSR count). The van der Waals surface area contributed by atoms with Gasteiger partial charge in [-0.25, -0.2) is 9.97 Å². The Labute approximate surface area is 105 Å². The van der Waals surface area contributed by atoms with Gasteiger partial charge in [0.1, 0.15) is 16.9 Å². The number of aromatic nitrogens is 3. The Morgan fingerprint density at radius 2 is 2.38 bits per heavy atom. The van der Waals surface area contributed by atoms with Gasteiger partial charge in [-0.05, 0) is 36.3 Å². The molecule has 0 aliphatic rings. The molecule has 0 spiro atoms. The van der Waals surface area contributed by atoms with Crippen LogP contribution >= 0.6 is 34.9 Å². The molecule has 0 amide bonds. The van der Waals surface area contributed by atoms with Gasteiger partial charge in [0.15, 0.2) is 4.34 Å². The van der Waals surface area contributed by atoms with Crippen molar-refractivity contribution in [1.82, 2.24) is 14.3 Å². The molecule has 4 nitrogen and oxygen atoms in total. The SMILES string of the molecule is Cc1nsc(Sc2nccc(C#N)c2Cl)n1. The lowest BCUT2D eigenvalue weighted by atomic mass is 10.3. The average Bonchev–Trinajstić information content (AvgIpc) is 2.67. The molecule has 80 valence electrons. The molecule has 0 saturated carbocycles. The van der Waals surface area contributed by atoms with E-state index in [-0.39, 0.29) is 0 Å². The highest BCUT2D eigenvalue weighted by Gasteiger charge is 2.11. The van der Waals surface area contributed by atoms with Crippen LogP contribution in [0.15, 0.2) is 21.6 Å². The second-order valence-corrected chi connectivity index (χ2v) is 5.16. The largest absolute Gasteiger partial charge is 0.248 e. The first kappa shape index (κ1) is 11.3. The van der Waals surface area contributed by atoms with Crippen molar-refractivity contribution in [3.8, 4) is 6.07 Å². The lowest BCUT2D eigenvalue weighted by Gasteiger charge is -2.00. The maximum atomic E-state index is 8.82. The summed E-state index contributed by atoms with van der Waals surface area (Å²) in [6.45, 7) is 1.82. The zero-order valence-corrected chi connectivity index (χ0v) is 10.5. The van der Waals surface area contributed by atoms with E-state index in [0.717, 1.165) is 10.2 Å². The second-order valence-electron chi connectivity index (χ2n) is 2.80. The minimum Gasteiger partial charge on any atom is -0.248 e. The summed E-state index contributed by atoms with van der Waals surface area (Å²) in [4.78, 5) is 8.30. The van der Waals surface area contributed by atoms with Gasteiger partial charge in [-0.3, -0.25) is 0 Å². The molecule has 2 aromatic heterocycles. The van der Waals surface area contributed by atoms with Crippen LogP contribution in [-0.2, 0) is 0 Å². The summed E-state index contributed by atoms with van der Waals surface area (Å²) in [5, 5.41) is 9.76. The Bertz CT molecular complexity index is 561. The van der Waals surface area contributed by atoms with Gasteiger partial charge < -0.3 is 0 Å². The van der Waals surface area contributed by atoms with Crippen molar-refractivity contribution in [2.45, 2.75) is 16.3 Å². The van der Waals surface area contributed by atoms with Crippen LogP contribution < -0.4 is 0 Å². The summed E-state index contributed by atoms with van der Waals surface area (Å²) < 4.78 is 4.82.